The number of halogens is 1. The van der Waals surface area contributed by atoms with Gasteiger partial charge in [0.1, 0.15) is 6.54 Å². The summed E-state index contributed by atoms with van der Waals surface area (Å²) in [5.74, 6) is -0.332. The Morgan fingerprint density at radius 3 is 2.94 bits per heavy atom. The van der Waals surface area contributed by atoms with Crippen LogP contribution in [-0.4, -0.2) is 22.0 Å². The summed E-state index contributed by atoms with van der Waals surface area (Å²) in [7, 11) is 0. The lowest BCUT2D eigenvalue weighted by Crippen LogP contribution is -2.36. The van der Waals surface area contributed by atoms with Crippen LogP contribution in [0.15, 0.2) is 32.9 Å². The smallest absolute Gasteiger partial charge is 0.328 e. The van der Waals surface area contributed by atoms with Crippen LogP contribution in [0.4, 0.5) is 0 Å². The summed E-state index contributed by atoms with van der Waals surface area (Å²) in [5, 5.41) is 2.52. The number of aromatic nitrogens is 2. The van der Waals surface area contributed by atoms with Crippen LogP contribution in [0.3, 0.4) is 0 Å². The van der Waals surface area contributed by atoms with Gasteiger partial charge in [0.25, 0.3) is 5.56 Å². The van der Waals surface area contributed by atoms with Gasteiger partial charge in [-0.05, 0) is 15.9 Å². The quantitative estimate of drug-likeness (QED) is 0.739. The zero-order valence-corrected chi connectivity index (χ0v) is 9.91. The van der Waals surface area contributed by atoms with E-state index in [-0.39, 0.29) is 16.9 Å². The monoisotopic (exact) mass is 287 g/mol. The maximum absolute atomic E-state index is 11.3. The third kappa shape index (κ3) is 3.20. The summed E-state index contributed by atoms with van der Waals surface area (Å²) in [6.07, 6.45) is 2.80. The van der Waals surface area contributed by atoms with E-state index >= 15 is 0 Å². The van der Waals surface area contributed by atoms with Crippen molar-refractivity contribution in [3.05, 3.63) is 44.2 Å². The molecule has 0 saturated carbocycles. The maximum Gasteiger partial charge on any atom is 0.328 e. The molecule has 0 aliphatic rings. The van der Waals surface area contributed by atoms with Crippen LogP contribution in [0.25, 0.3) is 0 Å². The first-order chi connectivity index (χ1) is 7.54. The molecule has 0 spiro atoms. The molecule has 0 bridgehead atoms. The molecular formula is C9H10BrN3O3. The molecule has 0 unspecified atom stereocenters. The predicted octanol–water partition coefficient (Wildman–Crippen LogP) is -0.399. The fraction of sp³-hybridized carbons (Fsp3) is 0.222. The lowest BCUT2D eigenvalue weighted by molar-refractivity contribution is -0.121. The number of aromatic amines is 1. The molecule has 1 amide bonds. The molecule has 0 aliphatic carbocycles. The Bertz CT molecular complexity index is 517. The van der Waals surface area contributed by atoms with Crippen molar-refractivity contribution in [1.82, 2.24) is 14.9 Å². The fourth-order valence-electron chi connectivity index (χ4n) is 0.997. The predicted molar refractivity (Wildman–Crippen MR) is 62.2 cm³/mol. The van der Waals surface area contributed by atoms with E-state index in [0.717, 1.165) is 4.57 Å². The minimum absolute atomic E-state index is 0.151. The number of carbonyl (C=O) groups is 1. The number of amides is 1. The van der Waals surface area contributed by atoms with Gasteiger partial charge in [0.15, 0.2) is 0 Å². The number of nitrogens with one attached hydrogen (secondary N) is 2. The highest BCUT2D eigenvalue weighted by Crippen LogP contribution is 1.97. The zero-order chi connectivity index (χ0) is 12.1. The Morgan fingerprint density at radius 1 is 1.62 bits per heavy atom. The van der Waals surface area contributed by atoms with E-state index in [4.69, 9.17) is 0 Å². The SMILES string of the molecule is C=CCNC(=O)Cn1cc(Br)c(=O)[nH]c1=O. The van der Waals surface area contributed by atoms with Crippen LogP contribution >= 0.6 is 15.9 Å². The van der Waals surface area contributed by atoms with Crippen LogP contribution in [0, 0.1) is 0 Å². The van der Waals surface area contributed by atoms with Gasteiger partial charge < -0.3 is 5.32 Å². The minimum Gasteiger partial charge on any atom is -0.351 e. The van der Waals surface area contributed by atoms with Crippen LogP contribution in [0.5, 0.6) is 0 Å². The van der Waals surface area contributed by atoms with Crippen molar-refractivity contribution in [2.45, 2.75) is 6.54 Å². The summed E-state index contributed by atoms with van der Waals surface area (Å²) in [6, 6.07) is 0. The Kier molecular flexibility index (Phi) is 4.24. The van der Waals surface area contributed by atoms with Crippen LogP contribution in [0.1, 0.15) is 0 Å². The van der Waals surface area contributed by atoms with E-state index in [1.54, 1.807) is 0 Å². The second-order valence-electron chi connectivity index (χ2n) is 2.96. The highest BCUT2D eigenvalue weighted by atomic mass is 79.9. The second-order valence-corrected chi connectivity index (χ2v) is 3.81. The van der Waals surface area contributed by atoms with Crippen LogP contribution in [-0.2, 0) is 11.3 Å². The normalized spacial score (nSPS) is 9.81. The van der Waals surface area contributed by atoms with E-state index in [9.17, 15) is 14.4 Å². The molecule has 0 aliphatic heterocycles. The van der Waals surface area contributed by atoms with Crippen molar-refractivity contribution in [2.24, 2.45) is 0 Å². The zero-order valence-electron chi connectivity index (χ0n) is 8.33. The largest absolute Gasteiger partial charge is 0.351 e. The summed E-state index contributed by atoms with van der Waals surface area (Å²) in [4.78, 5) is 35.7. The van der Waals surface area contributed by atoms with Gasteiger partial charge >= 0.3 is 5.69 Å². The lowest BCUT2D eigenvalue weighted by Gasteiger charge is -2.05. The van der Waals surface area contributed by atoms with Crippen molar-refractivity contribution < 1.29 is 4.79 Å². The van der Waals surface area contributed by atoms with Crippen molar-refractivity contribution >= 4 is 21.8 Å². The average Bonchev–Trinajstić information content (AvgIpc) is 2.23. The molecule has 0 fully saturated rings. The molecule has 0 saturated heterocycles. The Labute approximate surface area is 99.1 Å². The highest BCUT2D eigenvalue weighted by molar-refractivity contribution is 9.10. The van der Waals surface area contributed by atoms with Gasteiger partial charge in [-0.1, -0.05) is 6.08 Å². The van der Waals surface area contributed by atoms with Crippen LogP contribution < -0.4 is 16.6 Å². The molecule has 1 aromatic heterocycles. The topological polar surface area (TPSA) is 84.0 Å². The Balaban J connectivity index is 2.86. The van der Waals surface area contributed by atoms with Gasteiger partial charge in [-0.2, -0.15) is 0 Å². The number of rotatable bonds is 4. The third-order valence-electron chi connectivity index (χ3n) is 1.72. The standard InChI is InChI=1S/C9H10BrN3O3/c1-2-3-11-7(14)5-13-4-6(10)8(15)12-9(13)16/h2,4H,1,3,5H2,(H,11,14)(H,12,15,16). The van der Waals surface area contributed by atoms with Gasteiger partial charge in [-0.3, -0.25) is 19.1 Å². The summed E-state index contributed by atoms with van der Waals surface area (Å²) in [6.45, 7) is 3.63. The van der Waals surface area contributed by atoms with Gasteiger partial charge in [0.2, 0.25) is 5.91 Å². The van der Waals surface area contributed by atoms with Crippen molar-refractivity contribution in [3.8, 4) is 0 Å². The molecule has 1 rings (SSSR count). The van der Waals surface area contributed by atoms with E-state index in [1.165, 1.54) is 12.3 Å². The molecule has 7 heteroatoms. The summed E-state index contributed by atoms with van der Waals surface area (Å²) in [5.41, 5.74) is -1.14. The Hall–Kier alpha value is -1.63. The van der Waals surface area contributed by atoms with Gasteiger partial charge in [-0.25, -0.2) is 4.79 Å². The van der Waals surface area contributed by atoms with E-state index in [1.807, 2.05) is 0 Å². The molecule has 0 aromatic carbocycles. The molecule has 1 heterocycles. The number of H-pyrrole nitrogens is 1. The first-order valence-electron chi connectivity index (χ1n) is 4.41. The molecular weight excluding hydrogens is 278 g/mol. The highest BCUT2D eigenvalue weighted by Gasteiger charge is 2.05. The van der Waals surface area contributed by atoms with Crippen molar-refractivity contribution in [3.63, 3.8) is 0 Å². The number of hydrogen-bond donors (Lipinski definition) is 2. The van der Waals surface area contributed by atoms with Crippen molar-refractivity contribution in [2.75, 3.05) is 6.54 Å². The maximum atomic E-state index is 11.3. The summed E-state index contributed by atoms with van der Waals surface area (Å²) < 4.78 is 1.30. The summed E-state index contributed by atoms with van der Waals surface area (Å²) >= 11 is 2.97. The van der Waals surface area contributed by atoms with Gasteiger partial charge in [0.05, 0.1) is 4.47 Å². The minimum atomic E-state index is -0.623. The van der Waals surface area contributed by atoms with Gasteiger partial charge in [0, 0.05) is 12.7 Å². The Morgan fingerprint density at radius 2 is 2.31 bits per heavy atom. The first-order valence-corrected chi connectivity index (χ1v) is 5.20. The van der Waals surface area contributed by atoms with Crippen molar-refractivity contribution in [1.29, 1.82) is 0 Å². The number of carbonyl (C=O) groups excluding carboxylic acids is 1. The molecule has 6 nitrogen and oxygen atoms in total. The number of nitrogens with zero attached hydrogens (tertiary/aromatic N) is 1. The molecule has 86 valence electrons. The fourth-order valence-corrected chi connectivity index (χ4v) is 1.34. The number of hydrogen-bond acceptors (Lipinski definition) is 3. The first kappa shape index (κ1) is 12.4. The molecule has 1 aromatic rings. The molecule has 16 heavy (non-hydrogen) atoms. The van der Waals surface area contributed by atoms with E-state index in [2.05, 4.69) is 32.8 Å². The third-order valence-corrected chi connectivity index (χ3v) is 2.29. The van der Waals surface area contributed by atoms with E-state index < -0.39 is 11.2 Å². The molecule has 0 atom stereocenters. The molecule has 0 radical (unpaired) electrons. The lowest BCUT2D eigenvalue weighted by atomic mass is 10.5. The van der Waals surface area contributed by atoms with Gasteiger partial charge in [-0.15, -0.1) is 6.58 Å². The van der Waals surface area contributed by atoms with Crippen LogP contribution in [0.2, 0.25) is 0 Å². The second kappa shape index (κ2) is 5.45. The average molecular weight is 288 g/mol. The molecule has 2 N–H and O–H groups in total. The van der Waals surface area contributed by atoms with E-state index in [0.29, 0.717) is 6.54 Å².